The van der Waals surface area contributed by atoms with Gasteiger partial charge in [0.15, 0.2) is 0 Å². The first-order valence-electron chi connectivity index (χ1n) is 6.97. The zero-order valence-electron chi connectivity index (χ0n) is 13.7. The highest BCUT2D eigenvalue weighted by Gasteiger charge is 2.15. The Hall–Kier alpha value is -1.51. The predicted octanol–water partition coefficient (Wildman–Crippen LogP) is 1.67. The number of ether oxygens (including phenoxy) is 1. The number of sulfonamides is 1. The Morgan fingerprint density at radius 3 is 2.52 bits per heavy atom. The van der Waals surface area contributed by atoms with Crippen molar-refractivity contribution < 1.29 is 17.9 Å². The molecule has 0 aliphatic heterocycles. The van der Waals surface area contributed by atoms with E-state index in [1.165, 1.54) is 7.11 Å². The molecular formula is C14H24ClN3O4S. The molecular weight excluding hydrogens is 342 g/mol. The fraction of sp³-hybridized carbons (Fsp3) is 0.500. The topological polar surface area (TPSA) is 96.5 Å². The lowest BCUT2D eigenvalue weighted by Gasteiger charge is -2.15. The third-order valence-electron chi connectivity index (χ3n) is 3.07. The van der Waals surface area contributed by atoms with Crippen molar-refractivity contribution in [1.29, 1.82) is 0 Å². The van der Waals surface area contributed by atoms with E-state index in [0.717, 1.165) is 0 Å². The first-order valence-corrected chi connectivity index (χ1v) is 8.62. The van der Waals surface area contributed by atoms with Gasteiger partial charge in [-0.25, -0.2) is 8.42 Å². The van der Waals surface area contributed by atoms with Gasteiger partial charge in [-0.1, -0.05) is 6.92 Å². The molecule has 0 aliphatic carbocycles. The van der Waals surface area contributed by atoms with Crippen LogP contribution in [0.15, 0.2) is 18.2 Å². The van der Waals surface area contributed by atoms with Gasteiger partial charge in [-0.3, -0.25) is 9.52 Å². The summed E-state index contributed by atoms with van der Waals surface area (Å²) in [6.45, 7) is 3.93. The molecule has 0 saturated carbocycles. The van der Waals surface area contributed by atoms with Crippen LogP contribution in [-0.4, -0.2) is 40.8 Å². The van der Waals surface area contributed by atoms with E-state index in [-0.39, 0.29) is 30.0 Å². The van der Waals surface area contributed by atoms with Crippen molar-refractivity contribution >= 4 is 39.7 Å². The highest BCUT2D eigenvalue weighted by Crippen LogP contribution is 2.29. The molecule has 0 bridgehead atoms. The van der Waals surface area contributed by atoms with Gasteiger partial charge in [-0.05, 0) is 26.1 Å². The van der Waals surface area contributed by atoms with Crippen molar-refractivity contribution in [1.82, 2.24) is 5.32 Å². The summed E-state index contributed by atoms with van der Waals surface area (Å²) >= 11 is 0. The van der Waals surface area contributed by atoms with E-state index in [1.807, 2.05) is 6.92 Å². The standard InChI is InChI=1S/C14H23N3O4S.ClH/c1-5-22(19,20)17-12-7-6-11(8-13(12)21-4)16-14(18)10(2)9-15-3;/h6-8,10,15,17H,5,9H2,1-4H3,(H,16,18);1H. The molecule has 0 heterocycles. The van der Waals surface area contributed by atoms with Gasteiger partial charge in [0.1, 0.15) is 5.75 Å². The molecule has 0 fully saturated rings. The molecule has 1 aromatic carbocycles. The largest absolute Gasteiger partial charge is 0.494 e. The van der Waals surface area contributed by atoms with Gasteiger partial charge in [0.05, 0.1) is 18.6 Å². The van der Waals surface area contributed by atoms with Crippen molar-refractivity contribution in [3.63, 3.8) is 0 Å². The predicted molar refractivity (Wildman–Crippen MR) is 95.0 cm³/mol. The van der Waals surface area contributed by atoms with Crippen LogP contribution in [0.4, 0.5) is 11.4 Å². The number of hydrogen-bond acceptors (Lipinski definition) is 5. The van der Waals surface area contributed by atoms with Gasteiger partial charge in [-0.2, -0.15) is 0 Å². The molecule has 0 aromatic heterocycles. The third kappa shape index (κ3) is 6.64. The van der Waals surface area contributed by atoms with E-state index >= 15 is 0 Å². The van der Waals surface area contributed by atoms with Crippen LogP contribution >= 0.6 is 12.4 Å². The highest BCUT2D eigenvalue weighted by molar-refractivity contribution is 7.92. The van der Waals surface area contributed by atoms with Crippen molar-refractivity contribution in [3.05, 3.63) is 18.2 Å². The number of nitrogens with one attached hydrogen (secondary N) is 3. The van der Waals surface area contributed by atoms with Crippen LogP contribution in [0.3, 0.4) is 0 Å². The van der Waals surface area contributed by atoms with Crippen LogP contribution in [0.1, 0.15) is 13.8 Å². The van der Waals surface area contributed by atoms with Crippen LogP contribution < -0.4 is 20.1 Å². The van der Waals surface area contributed by atoms with Crippen molar-refractivity contribution in [2.75, 3.05) is 36.5 Å². The summed E-state index contributed by atoms with van der Waals surface area (Å²) in [6.07, 6.45) is 0. The van der Waals surface area contributed by atoms with Crippen LogP contribution in [-0.2, 0) is 14.8 Å². The summed E-state index contributed by atoms with van der Waals surface area (Å²) in [6, 6.07) is 4.77. The number of rotatable bonds is 8. The number of carbonyl (C=O) groups is 1. The summed E-state index contributed by atoms with van der Waals surface area (Å²) in [4.78, 5) is 12.0. The Labute approximate surface area is 143 Å². The molecule has 1 amide bonds. The Bertz CT molecular complexity index is 622. The fourth-order valence-corrected chi connectivity index (χ4v) is 2.41. The maximum Gasteiger partial charge on any atom is 0.232 e. The number of benzene rings is 1. The first kappa shape index (κ1) is 21.5. The summed E-state index contributed by atoms with van der Waals surface area (Å²) in [5, 5.41) is 5.70. The molecule has 1 aromatic rings. The van der Waals surface area contributed by atoms with E-state index in [9.17, 15) is 13.2 Å². The van der Waals surface area contributed by atoms with Crippen LogP contribution in [0.25, 0.3) is 0 Å². The van der Waals surface area contributed by atoms with Crippen molar-refractivity contribution in [3.8, 4) is 5.75 Å². The van der Waals surface area contributed by atoms with Gasteiger partial charge in [-0.15, -0.1) is 12.4 Å². The van der Waals surface area contributed by atoms with Crippen LogP contribution in [0.2, 0.25) is 0 Å². The first-order chi connectivity index (χ1) is 10.3. The number of halogens is 1. The summed E-state index contributed by atoms with van der Waals surface area (Å²) < 4.78 is 30.8. The molecule has 1 rings (SSSR count). The molecule has 9 heteroatoms. The smallest absolute Gasteiger partial charge is 0.232 e. The van der Waals surface area contributed by atoms with Gasteiger partial charge < -0.3 is 15.4 Å². The molecule has 0 aliphatic rings. The lowest BCUT2D eigenvalue weighted by atomic mass is 10.1. The maximum atomic E-state index is 12.0. The Morgan fingerprint density at radius 2 is 2.00 bits per heavy atom. The van der Waals surface area contributed by atoms with Gasteiger partial charge in [0.2, 0.25) is 15.9 Å². The minimum absolute atomic E-state index is 0. The van der Waals surface area contributed by atoms with Gasteiger partial charge >= 0.3 is 0 Å². The second-order valence-electron chi connectivity index (χ2n) is 4.87. The van der Waals surface area contributed by atoms with Crippen molar-refractivity contribution in [2.45, 2.75) is 13.8 Å². The minimum Gasteiger partial charge on any atom is -0.494 e. The van der Waals surface area contributed by atoms with Gasteiger partial charge in [0, 0.05) is 24.2 Å². The maximum absolute atomic E-state index is 12.0. The van der Waals surface area contributed by atoms with E-state index in [2.05, 4.69) is 15.4 Å². The lowest BCUT2D eigenvalue weighted by Crippen LogP contribution is -2.28. The molecule has 3 N–H and O–H groups in total. The van der Waals surface area contributed by atoms with E-state index < -0.39 is 10.0 Å². The van der Waals surface area contributed by atoms with E-state index in [1.54, 1.807) is 32.2 Å². The summed E-state index contributed by atoms with van der Waals surface area (Å²) in [7, 11) is -0.169. The van der Waals surface area contributed by atoms with Crippen LogP contribution in [0.5, 0.6) is 5.75 Å². The molecule has 0 spiro atoms. The SMILES string of the molecule is CCS(=O)(=O)Nc1ccc(NC(=O)C(C)CNC)cc1OC.Cl. The molecule has 0 saturated heterocycles. The normalized spacial score (nSPS) is 12.0. The number of methoxy groups -OCH3 is 1. The van der Waals surface area contributed by atoms with Gasteiger partial charge in [0.25, 0.3) is 0 Å². The number of amides is 1. The summed E-state index contributed by atoms with van der Waals surface area (Å²) in [5.74, 6) is -0.000414. The zero-order valence-corrected chi connectivity index (χ0v) is 15.3. The molecule has 1 unspecified atom stereocenters. The molecule has 1 atom stereocenters. The van der Waals surface area contributed by atoms with E-state index in [0.29, 0.717) is 23.7 Å². The number of carbonyl (C=O) groups excluding carboxylic acids is 1. The Morgan fingerprint density at radius 1 is 1.35 bits per heavy atom. The highest BCUT2D eigenvalue weighted by atomic mass is 35.5. The van der Waals surface area contributed by atoms with Crippen molar-refractivity contribution in [2.24, 2.45) is 5.92 Å². The number of hydrogen-bond donors (Lipinski definition) is 3. The molecule has 0 radical (unpaired) electrons. The summed E-state index contributed by atoms with van der Waals surface area (Å²) in [5.41, 5.74) is 0.884. The lowest BCUT2D eigenvalue weighted by molar-refractivity contribution is -0.119. The Kier molecular flexibility index (Phi) is 8.96. The average Bonchev–Trinajstić information content (AvgIpc) is 2.48. The average molecular weight is 366 g/mol. The minimum atomic E-state index is -3.39. The second-order valence-corrected chi connectivity index (χ2v) is 6.88. The molecule has 132 valence electrons. The molecule has 23 heavy (non-hydrogen) atoms. The van der Waals surface area contributed by atoms with E-state index in [4.69, 9.17) is 4.74 Å². The molecule has 7 nitrogen and oxygen atoms in total. The Balaban J connectivity index is 0.00000484. The number of anilines is 2. The zero-order chi connectivity index (χ0) is 16.8. The second kappa shape index (κ2) is 9.59. The third-order valence-corrected chi connectivity index (χ3v) is 4.36. The fourth-order valence-electron chi connectivity index (χ4n) is 1.76. The monoisotopic (exact) mass is 365 g/mol. The quantitative estimate of drug-likeness (QED) is 0.651. The van der Waals surface area contributed by atoms with Crippen LogP contribution in [0, 0.1) is 5.92 Å².